The first-order chi connectivity index (χ1) is 10.3. The van der Waals surface area contributed by atoms with Crippen LogP contribution in [0.5, 0.6) is 0 Å². The Morgan fingerprint density at radius 3 is 2.76 bits per heavy atom. The predicted molar refractivity (Wildman–Crippen MR) is 88.8 cm³/mol. The molecule has 0 aliphatic heterocycles. The maximum Gasteiger partial charge on any atom is 0.164 e. The monoisotopic (exact) mass is 297 g/mol. The van der Waals surface area contributed by atoms with E-state index in [1.807, 2.05) is 47.6 Å². The molecule has 0 unspecified atom stereocenters. The summed E-state index contributed by atoms with van der Waals surface area (Å²) in [5.74, 6) is 1.12. The van der Waals surface area contributed by atoms with Crippen LogP contribution in [0.25, 0.3) is 16.8 Å². The second kappa shape index (κ2) is 6.31. The number of aryl methyl sites for hydroxylation is 1. The van der Waals surface area contributed by atoms with Gasteiger partial charge in [-0.2, -0.15) is 5.10 Å². The molecule has 2 aromatic heterocycles. The van der Waals surface area contributed by atoms with Crippen molar-refractivity contribution in [3.63, 3.8) is 0 Å². The van der Waals surface area contributed by atoms with Gasteiger partial charge in [-0.1, -0.05) is 43.7 Å². The minimum atomic E-state index is 0.945. The lowest BCUT2D eigenvalue weighted by Gasteiger charge is -2.06. The van der Waals surface area contributed by atoms with Crippen LogP contribution < -0.4 is 0 Å². The Labute approximate surface area is 129 Å². The fourth-order valence-corrected chi connectivity index (χ4v) is 3.45. The van der Waals surface area contributed by atoms with Crippen molar-refractivity contribution in [2.75, 3.05) is 5.75 Å². The lowest BCUT2D eigenvalue weighted by molar-refractivity contribution is 0.829. The molecular weight excluding hydrogens is 278 g/mol. The Kier molecular flexibility index (Phi) is 4.25. The van der Waals surface area contributed by atoms with Crippen molar-refractivity contribution in [3.05, 3.63) is 48.3 Å². The van der Waals surface area contributed by atoms with Gasteiger partial charge in [0.25, 0.3) is 0 Å². The molecule has 0 bridgehead atoms. The molecule has 3 rings (SSSR count). The topological polar surface area (TPSA) is 30.2 Å². The number of benzene rings is 1. The molecule has 4 heteroatoms. The average molecular weight is 297 g/mol. The zero-order valence-electron chi connectivity index (χ0n) is 12.4. The van der Waals surface area contributed by atoms with Gasteiger partial charge < -0.3 is 0 Å². The molecule has 0 fully saturated rings. The van der Waals surface area contributed by atoms with Crippen molar-refractivity contribution < 1.29 is 0 Å². The summed E-state index contributed by atoms with van der Waals surface area (Å²) in [7, 11) is 0. The molecule has 108 valence electrons. The average Bonchev–Trinajstić information content (AvgIpc) is 2.92. The van der Waals surface area contributed by atoms with E-state index in [1.165, 1.54) is 17.9 Å². The number of hydrogen-bond acceptors (Lipinski definition) is 3. The third-order valence-electron chi connectivity index (χ3n) is 3.40. The summed E-state index contributed by atoms with van der Waals surface area (Å²) in [6.45, 7) is 4.26. The van der Waals surface area contributed by atoms with Crippen molar-refractivity contribution in [2.24, 2.45) is 0 Å². The minimum absolute atomic E-state index is 0.945. The van der Waals surface area contributed by atoms with Gasteiger partial charge in [0, 0.05) is 11.3 Å². The van der Waals surface area contributed by atoms with Gasteiger partial charge in [-0.25, -0.2) is 9.50 Å². The number of fused-ring (bicyclic) bond motifs is 1. The van der Waals surface area contributed by atoms with Crippen molar-refractivity contribution in [1.82, 2.24) is 14.6 Å². The fraction of sp³-hybridized carbons (Fsp3) is 0.294. The van der Waals surface area contributed by atoms with Crippen molar-refractivity contribution in [2.45, 2.75) is 31.7 Å². The van der Waals surface area contributed by atoms with Gasteiger partial charge in [0.2, 0.25) is 0 Å². The molecule has 0 saturated heterocycles. The summed E-state index contributed by atoms with van der Waals surface area (Å²) in [5, 5.41) is 5.72. The summed E-state index contributed by atoms with van der Waals surface area (Å²) in [6.07, 6.45) is 4.36. The van der Waals surface area contributed by atoms with Crippen LogP contribution in [0, 0.1) is 6.92 Å². The third-order valence-corrected chi connectivity index (χ3v) is 4.48. The zero-order chi connectivity index (χ0) is 14.7. The summed E-state index contributed by atoms with van der Waals surface area (Å²) < 4.78 is 1.97. The standard InChI is InChI=1S/C17H19N3S/c1-3-4-10-21-16-11-13(2)19-17-15(12-18-20(16)17)14-8-6-5-7-9-14/h5-9,11-12H,3-4,10H2,1-2H3. The number of aromatic nitrogens is 3. The third kappa shape index (κ3) is 2.95. The molecule has 0 radical (unpaired) electrons. The van der Waals surface area contributed by atoms with E-state index in [2.05, 4.69) is 35.2 Å². The van der Waals surface area contributed by atoms with Crippen molar-refractivity contribution in [1.29, 1.82) is 0 Å². The molecule has 0 amide bonds. The van der Waals surface area contributed by atoms with E-state index in [1.54, 1.807) is 0 Å². The van der Waals surface area contributed by atoms with Crippen LogP contribution in [0.2, 0.25) is 0 Å². The van der Waals surface area contributed by atoms with Crippen LogP contribution in [-0.4, -0.2) is 20.4 Å². The second-order valence-corrected chi connectivity index (χ2v) is 6.21. The highest BCUT2D eigenvalue weighted by atomic mass is 32.2. The summed E-state index contributed by atoms with van der Waals surface area (Å²) >= 11 is 1.86. The zero-order valence-corrected chi connectivity index (χ0v) is 13.2. The summed E-state index contributed by atoms with van der Waals surface area (Å²) in [6, 6.07) is 12.4. The molecular formula is C17H19N3S. The highest BCUT2D eigenvalue weighted by molar-refractivity contribution is 7.99. The van der Waals surface area contributed by atoms with E-state index in [9.17, 15) is 0 Å². The molecule has 1 aromatic carbocycles. The molecule has 21 heavy (non-hydrogen) atoms. The van der Waals surface area contributed by atoms with Crippen LogP contribution >= 0.6 is 11.8 Å². The van der Waals surface area contributed by atoms with Crippen LogP contribution in [0.4, 0.5) is 0 Å². The number of nitrogens with zero attached hydrogens (tertiary/aromatic N) is 3. The first-order valence-corrected chi connectivity index (χ1v) is 8.31. The number of rotatable bonds is 5. The smallest absolute Gasteiger partial charge is 0.164 e. The maximum absolute atomic E-state index is 4.69. The van der Waals surface area contributed by atoms with E-state index in [0.717, 1.165) is 28.2 Å². The van der Waals surface area contributed by atoms with Gasteiger partial charge in [-0.05, 0) is 30.7 Å². The Morgan fingerprint density at radius 2 is 2.00 bits per heavy atom. The lowest BCUT2D eigenvalue weighted by atomic mass is 10.1. The van der Waals surface area contributed by atoms with Gasteiger partial charge in [-0.15, -0.1) is 11.8 Å². The Balaban J connectivity index is 2.05. The molecule has 0 aliphatic carbocycles. The molecule has 3 nitrogen and oxygen atoms in total. The predicted octanol–water partition coefficient (Wildman–Crippen LogP) is 4.60. The summed E-state index contributed by atoms with van der Waals surface area (Å²) in [4.78, 5) is 4.69. The van der Waals surface area contributed by atoms with E-state index in [4.69, 9.17) is 0 Å². The van der Waals surface area contributed by atoms with E-state index >= 15 is 0 Å². The SMILES string of the molecule is CCCCSc1cc(C)nc2c(-c3ccccc3)cnn12. The molecule has 0 saturated carbocycles. The van der Waals surface area contributed by atoms with E-state index in [0.29, 0.717) is 0 Å². The van der Waals surface area contributed by atoms with Gasteiger partial charge >= 0.3 is 0 Å². The van der Waals surface area contributed by atoms with Crippen LogP contribution in [0.3, 0.4) is 0 Å². The fourth-order valence-electron chi connectivity index (χ4n) is 2.30. The van der Waals surface area contributed by atoms with E-state index in [-0.39, 0.29) is 0 Å². The van der Waals surface area contributed by atoms with Gasteiger partial charge in [0.15, 0.2) is 5.65 Å². The highest BCUT2D eigenvalue weighted by Crippen LogP contribution is 2.27. The molecule has 0 aliphatic rings. The Hall–Kier alpha value is -1.81. The van der Waals surface area contributed by atoms with Crippen molar-refractivity contribution >= 4 is 17.4 Å². The van der Waals surface area contributed by atoms with Gasteiger partial charge in [0.1, 0.15) is 5.03 Å². The van der Waals surface area contributed by atoms with Crippen LogP contribution in [0.15, 0.2) is 47.6 Å². The Morgan fingerprint density at radius 1 is 1.19 bits per heavy atom. The number of unbranched alkanes of at least 4 members (excludes halogenated alkanes) is 1. The van der Waals surface area contributed by atoms with Gasteiger partial charge in [-0.3, -0.25) is 0 Å². The molecule has 3 aromatic rings. The Bertz CT molecular complexity index is 734. The van der Waals surface area contributed by atoms with Crippen LogP contribution in [-0.2, 0) is 0 Å². The highest BCUT2D eigenvalue weighted by Gasteiger charge is 2.11. The van der Waals surface area contributed by atoms with E-state index < -0.39 is 0 Å². The number of hydrogen-bond donors (Lipinski definition) is 0. The molecule has 0 atom stereocenters. The largest absolute Gasteiger partial charge is 0.233 e. The first-order valence-electron chi connectivity index (χ1n) is 7.33. The first kappa shape index (κ1) is 14.1. The van der Waals surface area contributed by atoms with Crippen LogP contribution in [0.1, 0.15) is 25.5 Å². The second-order valence-electron chi connectivity index (χ2n) is 5.10. The van der Waals surface area contributed by atoms with Gasteiger partial charge in [0.05, 0.1) is 6.20 Å². The maximum atomic E-state index is 4.69. The summed E-state index contributed by atoms with van der Waals surface area (Å²) in [5.41, 5.74) is 4.24. The minimum Gasteiger partial charge on any atom is -0.233 e. The molecule has 0 N–H and O–H groups in total. The number of thioether (sulfide) groups is 1. The molecule has 0 spiro atoms. The van der Waals surface area contributed by atoms with Crippen molar-refractivity contribution in [3.8, 4) is 11.1 Å². The molecule has 2 heterocycles. The lowest BCUT2D eigenvalue weighted by Crippen LogP contribution is -1.97. The normalized spacial score (nSPS) is 11.1. The quantitative estimate of drug-likeness (QED) is 0.392.